The molecule has 13 aliphatic rings. The number of fused-ring (bicyclic) bond motifs is 6. The molecule has 0 aromatic carbocycles. The largest absolute Gasteiger partial charge is 0.294 e. The molecule has 2 nitrogen and oxygen atoms in total. The van der Waals surface area contributed by atoms with Gasteiger partial charge in [0.2, 0.25) is 0 Å². The minimum Gasteiger partial charge on any atom is -0.294 e. The third-order valence-electron chi connectivity index (χ3n) is 25.5. The fraction of sp³-hybridized carbons (Fsp3) is 1.00. The quantitative estimate of drug-likeness (QED) is 0.240. The fourth-order valence-corrected chi connectivity index (χ4v) is 24.1. The van der Waals surface area contributed by atoms with Crippen LogP contribution in [0.5, 0.6) is 0 Å². The van der Waals surface area contributed by atoms with Crippen LogP contribution in [0, 0.1) is 94.7 Å². The zero-order valence-corrected chi connectivity index (χ0v) is 41.9. The van der Waals surface area contributed by atoms with Crippen molar-refractivity contribution in [3.8, 4) is 0 Å². The molecule has 13 rings (SSSR count). The molecule has 64 heavy (non-hydrogen) atoms. The average molecular weight is 876 g/mol. The van der Waals surface area contributed by atoms with E-state index in [-0.39, 0.29) is 0 Å². The van der Waals surface area contributed by atoms with Gasteiger partial charge in [-0.3, -0.25) is 9.80 Å². The second-order valence-electron chi connectivity index (χ2n) is 27.6. The van der Waals surface area contributed by atoms with Gasteiger partial charge in [-0.1, -0.05) is 154 Å². The highest BCUT2D eigenvalue weighted by atomic mass is 15.2. The Morgan fingerprint density at radius 2 is 0.438 bits per heavy atom. The van der Waals surface area contributed by atoms with Crippen LogP contribution in [-0.2, 0) is 0 Å². The van der Waals surface area contributed by atoms with Crippen molar-refractivity contribution in [1.29, 1.82) is 0 Å². The van der Waals surface area contributed by atoms with Gasteiger partial charge >= 0.3 is 0 Å². The van der Waals surface area contributed by atoms with Crippen LogP contribution in [0.1, 0.15) is 257 Å². The first-order valence-electron chi connectivity index (χ1n) is 31.4. The van der Waals surface area contributed by atoms with E-state index in [9.17, 15) is 0 Å². The number of hydrogen-bond donors (Lipinski definition) is 0. The topological polar surface area (TPSA) is 6.48 Å². The zero-order valence-electron chi connectivity index (χ0n) is 41.9. The normalized spacial score (nSPS) is 47.9. The van der Waals surface area contributed by atoms with Crippen molar-refractivity contribution in [3.63, 3.8) is 0 Å². The van der Waals surface area contributed by atoms with Crippen LogP contribution in [0.2, 0.25) is 0 Å². The molecule has 0 spiro atoms. The highest BCUT2D eigenvalue weighted by molar-refractivity contribution is 5.20. The van der Waals surface area contributed by atoms with E-state index in [4.69, 9.17) is 0 Å². The summed E-state index contributed by atoms with van der Waals surface area (Å²) >= 11 is 0. The third-order valence-corrected chi connectivity index (χ3v) is 25.5. The molecule has 13 fully saturated rings. The van der Waals surface area contributed by atoms with Crippen molar-refractivity contribution in [3.05, 3.63) is 0 Å². The maximum Gasteiger partial charge on any atom is 0.0132 e. The van der Waals surface area contributed by atoms with E-state index >= 15 is 0 Å². The monoisotopic (exact) mass is 875 g/mol. The molecule has 0 N–H and O–H groups in total. The summed E-state index contributed by atoms with van der Waals surface area (Å²) in [5.41, 5.74) is 0. The van der Waals surface area contributed by atoms with E-state index in [0.717, 1.165) is 131 Å². The molecule has 0 amide bonds. The number of nitrogens with zero attached hydrogens (tertiary/aromatic N) is 2. The van der Waals surface area contributed by atoms with Gasteiger partial charge < -0.3 is 0 Å². The Morgan fingerprint density at radius 3 is 0.750 bits per heavy atom. The highest BCUT2D eigenvalue weighted by Gasteiger charge is 2.72. The second-order valence-corrected chi connectivity index (χ2v) is 27.6. The first kappa shape index (κ1) is 43.9. The summed E-state index contributed by atoms with van der Waals surface area (Å²) in [5, 5.41) is 0. The van der Waals surface area contributed by atoms with Crippen LogP contribution in [0.4, 0.5) is 0 Å². The first-order valence-corrected chi connectivity index (χ1v) is 31.4. The van der Waals surface area contributed by atoms with E-state index in [2.05, 4.69) is 9.80 Å². The summed E-state index contributed by atoms with van der Waals surface area (Å²) in [4.78, 5) is 6.90. The van der Waals surface area contributed by atoms with Gasteiger partial charge in [0.1, 0.15) is 0 Å². The van der Waals surface area contributed by atoms with E-state index in [1.807, 2.05) is 0 Å². The number of rotatable bonds is 8. The lowest BCUT2D eigenvalue weighted by molar-refractivity contribution is -0.103. The Hall–Kier alpha value is -0.0800. The smallest absolute Gasteiger partial charge is 0.0132 e. The lowest BCUT2D eigenvalue weighted by Gasteiger charge is -2.58. The average Bonchev–Trinajstić information content (AvgIpc) is 3.88. The Morgan fingerprint density at radius 1 is 0.172 bits per heavy atom. The van der Waals surface area contributed by atoms with Crippen molar-refractivity contribution in [2.45, 2.75) is 293 Å². The van der Waals surface area contributed by atoms with Crippen LogP contribution < -0.4 is 0 Å². The van der Waals surface area contributed by atoms with Crippen LogP contribution in [0.15, 0.2) is 0 Å². The lowest BCUT2D eigenvalue weighted by atomic mass is 9.47. The predicted octanol–water partition coefficient (Wildman–Crippen LogP) is 16.4. The second kappa shape index (κ2) is 19.3. The Labute approximate surface area is 395 Å². The van der Waals surface area contributed by atoms with Crippen LogP contribution in [0.25, 0.3) is 0 Å². The molecule has 13 aliphatic carbocycles. The molecule has 0 bridgehead atoms. The van der Waals surface area contributed by atoms with E-state index < -0.39 is 0 Å². The Balaban J connectivity index is 0.886. The highest BCUT2D eigenvalue weighted by Crippen LogP contribution is 2.76. The molecule has 2 heteroatoms. The molecule has 13 saturated carbocycles. The molecule has 16 unspecified atom stereocenters. The summed E-state index contributed by atoms with van der Waals surface area (Å²) in [6, 6.07) is 5.64. The number of hydrogen-bond acceptors (Lipinski definition) is 2. The van der Waals surface area contributed by atoms with Gasteiger partial charge in [0.05, 0.1) is 0 Å². The summed E-state index contributed by atoms with van der Waals surface area (Å²) < 4.78 is 0. The van der Waals surface area contributed by atoms with Crippen LogP contribution in [-0.4, -0.2) is 46.1 Å². The molecule has 360 valence electrons. The van der Waals surface area contributed by atoms with Crippen molar-refractivity contribution in [1.82, 2.24) is 9.80 Å². The Bertz CT molecular complexity index is 1330. The lowest BCUT2D eigenvalue weighted by Crippen LogP contribution is -2.58. The van der Waals surface area contributed by atoms with E-state index in [0.29, 0.717) is 0 Å². The zero-order chi connectivity index (χ0) is 42.1. The molecule has 16 atom stereocenters. The van der Waals surface area contributed by atoms with E-state index in [1.165, 1.54) is 77.0 Å². The molecule has 0 aromatic rings. The maximum atomic E-state index is 3.45. The fourth-order valence-electron chi connectivity index (χ4n) is 24.1. The molecule has 0 radical (unpaired) electrons. The van der Waals surface area contributed by atoms with Crippen LogP contribution in [0.3, 0.4) is 0 Å². The summed E-state index contributed by atoms with van der Waals surface area (Å²) in [6.45, 7) is 0. The first-order chi connectivity index (χ1) is 31.8. The van der Waals surface area contributed by atoms with Gasteiger partial charge in [0, 0.05) is 36.3 Å². The SMILES string of the molecule is C1CCC(C2C3C4CCCC5C4C(CCC5N(C4CCCCC4)C4CCCCC4)C3C(C3CCCCC3)C3C4CCCC5C4C(CCC5N(C4CCCCC4)C4CCCCC4)C23)CC1. The molecule has 0 aliphatic heterocycles. The summed E-state index contributed by atoms with van der Waals surface area (Å²) in [6.07, 6.45) is 63.1. The predicted molar refractivity (Wildman–Crippen MR) is 267 cm³/mol. The molecular formula is C62H102N2. The molecule has 0 saturated heterocycles. The van der Waals surface area contributed by atoms with Crippen molar-refractivity contribution in [2.75, 3.05) is 0 Å². The summed E-state index contributed by atoms with van der Waals surface area (Å²) in [5.74, 6) is 17.7. The molecule has 0 aromatic heterocycles. The van der Waals surface area contributed by atoms with Gasteiger partial charge in [-0.25, -0.2) is 0 Å². The van der Waals surface area contributed by atoms with Gasteiger partial charge in [-0.15, -0.1) is 0 Å². The third kappa shape index (κ3) is 7.60. The molecule has 0 heterocycles. The standard InChI is InChI=1S/C62H102N2/c1-7-21-41(22-8-1)55-59-49-35-19-33-47-54(64(45-29-15-5-16-30-45)46-31-17-6-18-32-46)40-38-52(57(47)49)62(59)56(42-23-9-2-10-24-42)60-50-36-20-34-48-53(39-37-51(58(48)50)61(55)60)63(43-25-11-3-12-26-43)44-27-13-4-14-28-44/h41-62H,1-40H2. The van der Waals surface area contributed by atoms with Crippen molar-refractivity contribution < 1.29 is 0 Å². The van der Waals surface area contributed by atoms with Crippen molar-refractivity contribution >= 4 is 0 Å². The van der Waals surface area contributed by atoms with Crippen molar-refractivity contribution in [2.24, 2.45) is 94.7 Å². The van der Waals surface area contributed by atoms with Gasteiger partial charge in [0.15, 0.2) is 0 Å². The minimum absolute atomic E-state index is 0.935. The van der Waals surface area contributed by atoms with Crippen LogP contribution >= 0.6 is 0 Å². The maximum absolute atomic E-state index is 3.45. The Kier molecular flexibility index (Phi) is 13.2. The minimum atomic E-state index is 0.935. The summed E-state index contributed by atoms with van der Waals surface area (Å²) in [7, 11) is 0. The van der Waals surface area contributed by atoms with Gasteiger partial charge in [0.25, 0.3) is 0 Å². The van der Waals surface area contributed by atoms with Gasteiger partial charge in [-0.05, 0) is 197 Å². The van der Waals surface area contributed by atoms with Gasteiger partial charge in [-0.2, -0.15) is 0 Å². The van der Waals surface area contributed by atoms with E-state index in [1.54, 1.807) is 180 Å². The molecular weight excluding hydrogens is 773 g/mol.